The topological polar surface area (TPSA) is 52.3 Å². The van der Waals surface area contributed by atoms with Crippen molar-refractivity contribution >= 4 is 17.6 Å². The van der Waals surface area contributed by atoms with Crippen molar-refractivity contribution in [1.82, 2.24) is 0 Å². The van der Waals surface area contributed by atoms with Crippen molar-refractivity contribution in [3.8, 4) is 0 Å². The second-order valence-corrected chi connectivity index (χ2v) is 2.18. The van der Waals surface area contributed by atoms with Crippen LogP contribution in [0.15, 0.2) is 0 Å². The van der Waals surface area contributed by atoms with Gasteiger partial charge >= 0.3 is 5.97 Å². The highest BCUT2D eigenvalue weighted by Crippen LogP contribution is 1.90. The molecule has 0 spiro atoms. The van der Waals surface area contributed by atoms with E-state index < -0.39 is 0 Å². The van der Waals surface area contributed by atoms with Gasteiger partial charge in [-0.3, -0.25) is 4.79 Å². The maximum atomic E-state index is 10.6. The lowest BCUT2D eigenvalue weighted by molar-refractivity contribution is -0.143. The molecule has 0 aliphatic carbocycles. The van der Waals surface area contributed by atoms with Gasteiger partial charge in [-0.1, -0.05) is 0 Å². The standard InChI is InChI=1S/C6H12ClNO2/c7-3-5-10-6(9)2-1-4-8/h1-5,8H2. The molecule has 0 aromatic rings. The summed E-state index contributed by atoms with van der Waals surface area (Å²) in [6.07, 6.45) is 1.08. The molecule has 0 aromatic heterocycles. The molecule has 0 radical (unpaired) electrons. The van der Waals surface area contributed by atoms with Gasteiger partial charge < -0.3 is 10.5 Å². The maximum Gasteiger partial charge on any atom is 0.305 e. The zero-order chi connectivity index (χ0) is 7.82. The zero-order valence-corrected chi connectivity index (χ0v) is 6.56. The number of carbonyl (C=O) groups is 1. The SMILES string of the molecule is NCCCC(=O)OCCCl. The van der Waals surface area contributed by atoms with E-state index in [-0.39, 0.29) is 5.97 Å². The minimum Gasteiger partial charge on any atom is -0.464 e. The summed E-state index contributed by atoms with van der Waals surface area (Å²) < 4.78 is 4.67. The molecule has 0 unspecified atom stereocenters. The van der Waals surface area contributed by atoms with Crippen LogP contribution in [0.3, 0.4) is 0 Å². The predicted octanol–water partition coefficient (Wildman–Crippen LogP) is 0.507. The quantitative estimate of drug-likeness (QED) is 0.477. The summed E-state index contributed by atoms with van der Waals surface area (Å²) in [6, 6.07) is 0. The molecule has 0 saturated heterocycles. The first kappa shape index (κ1) is 9.72. The molecule has 0 bridgehead atoms. The van der Waals surface area contributed by atoms with Crippen LogP contribution in [0.2, 0.25) is 0 Å². The Morgan fingerprint density at radius 3 is 2.80 bits per heavy atom. The van der Waals surface area contributed by atoms with Crippen molar-refractivity contribution in [3.63, 3.8) is 0 Å². The molecule has 60 valence electrons. The van der Waals surface area contributed by atoms with Gasteiger partial charge in [0.05, 0.1) is 5.88 Å². The lowest BCUT2D eigenvalue weighted by atomic mass is 10.3. The van der Waals surface area contributed by atoms with Gasteiger partial charge in [-0.2, -0.15) is 0 Å². The molecule has 0 aromatic carbocycles. The van der Waals surface area contributed by atoms with Gasteiger partial charge in [0.1, 0.15) is 6.61 Å². The van der Waals surface area contributed by atoms with Gasteiger partial charge in [-0.15, -0.1) is 11.6 Å². The third kappa shape index (κ3) is 5.85. The molecule has 2 N–H and O–H groups in total. The first-order valence-electron chi connectivity index (χ1n) is 3.23. The molecule has 0 heterocycles. The van der Waals surface area contributed by atoms with E-state index in [0.717, 1.165) is 0 Å². The number of hydrogen-bond donors (Lipinski definition) is 1. The van der Waals surface area contributed by atoms with E-state index in [0.29, 0.717) is 31.9 Å². The van der Waals surface area contributed by atoms with Crippen molar-refractivity contribution in [1.29, 1.82) is 0 Å². The Hall–Kier alpha value is -0.280. The largest absolute Gasteiger partial charge is 0.464 e. The predicted molar refractivity (Wildman–Crippen MR) is 40.0 cm³/mol. The number of esters is 1. The highest BCUT2D eigenvalue weighted by molar-refractivity contribution is 6.18. The van der Waals surface area contributed by atoms with Crippen LogP contribution in [-0.4, -0.2) is 25.0 Å². The molecule has 0 rings (SSSR count). The fourth-order valence-electron chi connectivity index (χ4n) is 0.471. The first-order valence-corrected chi connectivity index (χ1v) is 3.76. The second kappa shape index (κ2) is 6.83. The molecule has 0 atom stereocenters. The van der Waals surface area contributed by atoms with Crippen molar-refractivity contribution in [2.24, 2.45) is 5.73 Å². The minimum absolute atomic E-state index is 0.217. The Kier molecular flexibility index (Phi) is 6.64. The normalized spacial score (nSPS) is 9.40. The molecule has 0 amide bonds. The molecule has 3 nitrogen and oxygen atoms in total. The molecule has 0 aliphatic rings. The number of hydrogen-bond acceptors (Lipinski definition) is 3. The third-order valence-corrected chi connectivity index (χ3v) is 1.08. The summed E-state index contributed by atoms with van der Waals surface area (Å²) in [7, 11) is 0. The molecule has 10 heavy (non-hydrogen) atoms. The maximum absolute atomic E-state index is 10.6. The van der Waals surface area contributed by atoms with E-state index in [1.807, 2.05) is 0 Å². The summed E-state index contributed by atoms with van der Waals surface area (Å²) in [5.74, 6) is 0.139. The van der Waals surface area contributed by atoms with E-state index >= 15 is 0 Å². The van der Waals surface area contributed by atoms with Crippen LogP contribution in [0, 0.1) is 0 Å². The van der Waals surface area contributed by atoms with Gasteiger partial charge in [0.2, 0.25) is 0 Å². The highest BCUT2D eigenvalue weighted by atomic mass is 35.5. The Balaban J connectivity index is 3.09. The van der Waals surface area contributed by atoms with E-state index in [2.05, 4.69) is 4.74 Å². The van der Waals surface area contributed by atoms with Gasteiger partial charge in [0.25, 0.3) is 0 Å². The van der Waals surface area contributed by atoms with Crippen molar-refractivity contribution in [3.05, 3.63) is 0 Å². The van der Waals surface area contributed by atoms with Crippen LogP contribution in [0.5, 0.6) is 0 Å². The molecule has 0 aliphatic heterocycles. The lowest BCUT2D eigenvalue weighted by Gasteiger charge is -1.99. The minimum atomic E-state index is -0.217. The summed E-state index contributed by atoms with van der Waals surface area (Å²) in [5, 5.41) is 0. The number of ether oxygens (including phenoxy) is 1. The molecule has 4 heteroatoms. The Bertz CT molecular complexity index is 87.7. The first-order chi connectivity index (χ1) is 4.81. The third-order valence-electron chi connectivity index (χ3n) is 0.925. The van der Waals surface area contributed by atoms with Crippen LogP contribution in [0.1, 0.15) is 12.8 Å². The van der Waals surface area contributed by atoms with E-state index in [9.17, 15) is 4.79 Å². The molecular weight excluding hydrogens is 154 g/mol. The summed E-state index contributed by atoms with van der Waals surface area (Å²) >= 11 is 5.28. The Morgan fingerprint density at radius 2 is 2.30 bits per heavy atom. The Morgan fingerprint density at radius 1 is 1.60 bits per heavy atom. The van der Waals surface area contributed by atoms with Gasteiger partial charge in [-0.25, -0.2) is 0 Å². The Labute approximate surface area is 65.5 Å². The number of rotatable bonds is 5. The van der Waals surface area contributed by atoms with Crippen LogP contribution in [-0.2, 0) is 9.53 Å². The van der Waals surface area contributed by atoms with Crippen LogP contribution < -0.4 is 5.73 Å². The van der Waals surface area contributed by atoms with Crippen molar-refractivity contribution < 1.29 is 9.53 Å². The summed E-state index contributed by atoms with van der Waals surface area (Å²) in [4.78, 5) is 10.6. The molecular formula is C6H12ClNO2. The van der Waals surface area contributed by atoms with Gasteiger partial charge in [0.15, 0.2) is 0 Å². The average Bonchev–Trinajstić information content (AvgIpc) is 1.97. The average molecular weight is 166 g/mol. The van der Waals surface area contributed by atoms with E-state index in [4.69, 9.17) is 17.3 Å². The molecule has 0 fully saturated rings. The summed E-state index contributed by atoms with van der Waals surface area (Å²) in [6.45, 7) is 0.820. The van der Waals surface area contributed by atoms with Crippen LogP contribution in [0.4, 0.5) is 0 Å². The number of alkyl halides is 1. The fraction of sp³-hybridized carbons (Fsp3) is 0.833. The lowest BCUT2D eigenvalue weighted by Crippen LogP contribution is -2.09. The number of carbonyl (C=O) groups excluding carboxylic acids is 1. The highest BCUT2D eigenvalue weighted by Gasteiger charge is 1.99. The number of nitrogens with two attached hydrogens (primary N) is 1. The van der Waals surface area contributed by atoms with Gasteiger partial charge in [0, 0.05) is 6.42 Å². The molecule has 0 saturated carbocycles. The van der Waals surface area contributed by atoms with E-state index in [1.165, 1.54) is 0 Å². The van der Waals surface area contributed by atoms with Crippen LogP contribution in [0.25, 0.3) is 0 Å². The summed E-state index contributed by atoms with van der Waals surface area (Å²) in [5.41, 5.74) is 5.17. The fourth-order valence-corrected chi connectivity index (χ4v) is 0.548. The van der Waals surface area contributed by atoms with E-state index in [1.54, 1.807) is 0 Å². The zero-order valence-electron chi connectivity index (χ0n) is 5.81. The smallest absolute Gasteiger partial charge is 0.305 e. The van der Waals surface area contributed by atoms with Crippen LogP contribution >= 0.6 is 11.6 Å². The van der Waals surface area contributed by atoms with Crippen molar-refractivity contribution in [2.75, 3.05) is 19.0 Å². The number of halogens is 1. The van der Waals surface area contributed by atoms with Crippen molar-refractivity contribution in [2.45, 2.75) is 12.8 Å². The van der Waals surface area contributed by atoms with Gasteiger partial charge in [-0.05, 0) is 13.0 Å². The second-order valence-electron chi connectivity index (χ2n) is 1.80. The monoisotopic (exact) mass is 165 g/mol.